The van der Waals surface area contributed by atoms with Gasteiger partial charge in [-0.2, -0.15) is 0 Å². The van der Waals surface area contributed by atoms with Crippen molar-refractivity contribution < 1.29 is 14.3 Å². The van der Waals surface area contributed by atoms with Crippen LogP contribution in [0.2, 0.25) is 0 Å². The summed E-state index contributed by atoms with van der Waals surface area (Å²) in [6.07, 6.45) is 4.18. The van der Waals surface area contributed by atoms with Crippen molar-refractivity contribution in [2.24, 2.45) is 0 Å². The van der Waals surface area contributed by atoms with Crippen molar-refractivity contribution in [3.8, 4) is 11.5 Å². The topological polar surface area (TPSA) is 38.8 Å². The first-order valence-corrected chi connectivity index (χ1v) is 8.10. The van der Waals surface area contributed by atoms with Gasteiger partial charge in [0.25, 0.3) is 5.91 Å². The Morgan fingerprint density at radius 2 is 2.10 bits per heavy atom. The Kier molecular flexibility index (Phi) is 4.54. The number of para-hydroxylation sites is 1. The highest BCUT2D eigenvalue weighted by Gasteiger charge is 2.31. The third-order valence-corrected chi connectivity index (χ3v) is 4.37. The number of alkyl halides is 1. The minimum atomic E-state index is 0.0344. The van der Waals surface area contributed by atoms with Gasteiger partial charge in [0, 0.05) is 18.5 Å². The Hall–Kier alpha value is -1.42. The van der Waals surface area contributed by atoms with E-state index in [0.717, 1.165) is 19.3 Å². The van der Waals surface area contributed by atoms with Crippen LogP contribution in [0.15, 0.2) is 18.2 Å². The summed E-state index contributed by atoms with van der Waals surface area (Å²) < 4.78 is 11.2. The molecule has 0 radical (unpaired) electrons. The van der Waals surface area contributed by atoms with Crippen LogP contribution in [0.5, 0.6) is 11.5 Å². The molecule has 1 aliphatic heterocycles. The van der Waals surface area contributed by atoms with Gasteiger partial charge in [0.1, 0.15) is 13.2 Å². The zero-order chi connectivity index (χ0) is 14.7. The van der Waals surface area contributed by atoms with Gasteiger partial charge in [0.2, 0.25) is 0 Å². The molecule has 1 aromatic rings. The Morgan fingerprint density at radius 1 is 1.29 bits per heavy atom. The van der Waals surface area contributed by atoms with Crippen LogP contribution < -0.4 is 9.47 Å². The zero-order valence-electron chi connectivity index (χ0n) is 12.0. The van der Waals surface area contributed by atoms with E-state index in [-0.39, 0.29) is 5.91 Å². The highest BCUT2D eigenvalue weighted by Crippen LogP contribution is 2.36. The van der Waals surface area contributed by atoms with Gasteiger partial charge in [-0.05, 0) is 37.8 Å². The van der Waals surface area contributed by atoms with E-state index in [1.807, 2.05) is 23.1 Å². The summed E-state index contributed by atoms with van der Waals surface area (Å²) in [4.78, 5) is 14.9. The highest BCUT2D eigenvalue weighted by atomic mass is 35.5. The second-order valence-electron chi connectivity index (χ2n) is 5.46. The normalized spacial score (nSPS) is 17.2. The molecule has 2 aliphatic rings. The summed E-state index contributed by atoms with van der Waals surface area (Å²) in [5.41, 5.74) is 0.605. The summed E-state index contributed by atoms with van der Waals surface area (Å²) in [7, 11) is 0. The molecule has 1 heterocycles. The Balaban J connectivity index is 1.85. The van der Waals surface area contributed by atoms with Gasteiger partial charge in [-0.1, -0.05) is 6.07 Å². The van der Waals surface area contributed by atoms with E-state index in [1.165, 1.54) is 6.42 Å². The van der Waals surface area contributed by atoms with Gasteiger partial charge in [-0.3, -0.25) is 4.79 Å². The molecule has 0 atom stereocenters. The molecular weight excluding hydrogens is 290 g/mol. The molecule has 114 valence electrons. The van der Waals surface area contributed by atoms with Crippen molar-refractivity contribution in [1.82, 2.24) is 4.90 Å². The minimum absolute atomic E-state index is 0.0344. The summed E-state index contributed by atoms with van der Waals surface area (Å²) in [6.45, 7) is 1.73. The standard InChI is InChI=1S/C16H20ClNO3/c17-8-3-9-18(12-4-1-5-12)16(19)13-6-2-7-14-15(13)21-11-10-20-14/h2,6-7,12H,1,3-5,8-11H2. The van der Waals surface area contributed by atoms with Crippen LogP contribution in [0.1, 0.15) is 36.0 Å². The Morgan fingerprint density at radius 3 is 2.81 bits per heavy atom. The minimum Gasteiger partial charge on any atom is -0.486 e. The van der Waals surface area contributed by atoms with Crippen molar-refractivity contribution >= 4 is 17.5 Å². The van der Waals surface area contributed by atoms with E-state index >= 15 is 0 Å². The molecule has 1 amide bonds. The summed E-state index contributed by atoms with van der Waals surface area (Å²) >= 11 is 5.79. The first kappa shape index (κ1) is 14.5. The number of fused-ring (bicyclic) bond motifs is 1. The number of hydrogen-bond donors (Lipinski definition) is 0. The first-order chi connectivity index (χ1) is 10.3. The molecule has 0 saturated heterocycles. The number of rotatable bonds is 5. The third kappa shape index (κ3) is 2.95. The molecule has 0 bridgehead atoms. The zero-order valence-corrected chi connectivity index (χ0v) is 12.8. The largest absolute Gasteiger partial charge is 0.486 e. The van der Waals surface area contributed by atoms with E-state index < -0.39 is 0 Å². The molecule has 5 heteroatoms. The van der Waals surface area contributed by atoms with E-state index in [4.69, 9.17) is 21.1 Å². The number of ether oxygens (including phenoxy) is 2. The van der Waals surface area contributed by atoms with Crippen LogP contribution in [0.4, 0.5) is 0 Å². The Labute approximate surface area is 130 Å². The van der Waals surface area contributed by atoms with E-state index in [0.29, 0.717) is 48.7 Å². The van der Waals surface area contributed by atoms with Gasteiger partial charge >= 0.3 is 0 Å². The maximum Gasteiger partial charge on any atom is 0.258 e. The van der Waals surface area contributed by atoms with Gasteiger partial charge < -0.3 is 14.4 Å². The molecule has 3 rings (SSSR count). The molecule has 1 fully saturated rings. The van der Waals surface area contributed by atoms with Crippen molar-refractivity contribution in [3.63, 3.8) is 0 Å². The van der Waals surface area contributed by atoms with Crippen molar-refractivity contribution in [1.29, 1.82) is 0 Å². The molecular formula is C16H20ClNO3. The van der Waals surface area contributed by atoms with Crippen LogP contribution in [-0.2, 0) is 0 Å². The molecule has 1 aliphatic carbocycles. The van der Waals surface area contributed by atoms with Crippen molar-refractivity contribution in [2.75, 3.05) is 25.6 Å². The predicted octanol–water partition coefficient (Wildman–Crippen LogP) is 3.08. The lowest BCUT2D eigenvalue weighted by Crippen LogP contribution is -2.45. The monoisotopic (exact) mass is 309 g/mol. The molecule has 1 aromatic carbocycles. The van der Waals surface area contributed by atoms with Gasteiger partial charge in [0.05, 0.1) is 5.56 Å². The SMILES string of the molecule is O=C(c1cccc2c1OCCO2)N(CCCCl)C1CCC1. The molecule has 0 unspecified atom stereocenters. The molecule has 1 saturated carbocycles. The first-order valence-electron chi connectivity index (χ1n) is 7.57. The van der Waals surface area contributed by atoms with Gasteiger partial charge in [-0.15, -0.1) is 11.6 Å². The van der Waals surface area contributed by atoms with E-state index in [2.05, 4.69) is 0 Å². The second kappa shape index (κ2) is 6.56. The summed E-state index contributed by atoms with van der Waals surface area (Å²) in [5.74, 6) is 1.86. The summed E-state index contributed by atoms with van der Waals surface area (Å²) in [6, 6.07) is 5.86. The van der Waals surface area contributed by atoms with Gasteiger partial charge in [0.15, 0.2) is 11.5 Å². The summed E-state index contributed by atoms with van der Waals surface area (Å²) in [5, 5.41) is 0. The predicted molar refractivity (Wildman–Crippen MR) is 81.4 cm³/mol. The number of carbonyl (C=O) groups excluding carboxylic acids is 1. The van der Waals surface area contributed by atoms with Crippen molar-refractivity contribution in [2.45, 2.75) is 31.7 Å². The van der Waals surface area contributed by atoms with Gasteiger partial charge in [-0.25, -0.2) is 0 Å². The van der Waals surface area contributed by atoms with Crippen LogP contribution in [-0.4, -0.2) is 42.5 Å². The fourth-order valence-corrected chi connectivity index (χ4v) is 2.89. The molecule has 0 N–H and O–H groups in total. The smallest absolute Gasteiger partial charge is 0.258 e. The third-order valence-electron chi connectivity index (χ3n) is 4.11. The molecule has 21 heavy (non-hydrogen) atoms. The van der Waals surface area contributed by atoms with Crippen LogP contribution in [0.3, 0.4) is 0 Å². The second-order valence-corrected chi connectivity index (χ2v) is 5.83. The van der Waals surface area contributed by atoms with Crippen molar-refractivity contribution in [3.05, 3.63) is 23.8 Å². The van der Waals surface area contributed by atoms with E-state index in [9.17, 15) is 4.79 Å². The van der Waals surface area contributed by atoms with Crippen LogP contribution in [0.25, 0.3) is 0 Å². The number of nitrogens with zero attached hydrogens (tertiary/aromatic N) is 1. The van der Waals surface area contributed by atoms with Crippen LogP contribution >= 0.6 is 11.6 Å². The fraction of sp³-hybridized carbons (Fsp3) is 0.562. The number of carbonyl (C=O) groups is 1. The lowest BCUT2D eigenvalue weighted by atomic mass is 9.90. The van der Waals surface area contributed by atoms with Crippen LogP contribution in [0, 0.1) is 0 Å². The number of benzene rings is 1. The van der Waals surface area contributed by atoms with E-state index in [1.54, 1.807) is 0 Å². The molecule has 4 nitrogen and oxygen atoms in total. The average molecular weight is 310 g/mol. The molecule has 0 aromatic heterocycles. The fourth-order valence-electron chi connectivity index (χ4n) is 2.78. The quantitative estimate of drug-likeness (QED) is 0.785. The maximum atomic E-state index is 12.9. The highest BCUT2D eigenvalue weighted by molar-refractivity contribution is 6.17. The average Bonchev–Trinajstić information content (AvgIpc) is 2.48. The number of halogens is 1. The lowest BCUT2D eigenvalue weighted by molar-refractivity contribution is 0.0571. The lowest BCUT2D eigenvalue weighted by Gasteiger charge is -2.38. The maximum absolute atomic E-state index is 12.9. The molecule has 0 spiro atoms. The Bertz CT molecular complexity index is 516. The number of amides is 1. The number of hydrogen-bond acceptors (Lipinski definition) is 3.